The lowest BCUT2D eigenvalue weighted by molar-refractivity contribution is 0.312. The van der Waals surface area contributed by atoms with E-state index in [1.54, 1.807) is 0 Å². The average molecular weight is 236 g/mol. The summed E-state index contributed by atoms with van der Waals surface area (Å²) in [4.78, 5) is 11.3. The van der Waals surface area contributed by atoms with E-state index in [2.05, 4.69) is 41.1 Å². The van der Waals surface area contributed by atoms with Gasteiger partial charge in [0, 0.05) is 18.3 Å². The van der Waals surface area contributed by atoms with Crippen molar-refractivity contribution in [3.05, 3.63) is 17.6 Å². The van der Waals surface area contributed by atoms with Gasteiger partial charge in [-0.1, -0.05) is 13.3 Å². The summed E-state index contributed by atoms with van der Waals surface area (Å²) < 4.78 is 0. The molecule has 0 amide bonds. The molecule has 0 atom stereocenters. The molecule has 4 heteroatoms. The molecule has 4 nitrogen and oxygen atoms in total. The molecule has 0 spiro atoms. The van der Waals surface area contributed by atoms with Crippen molar-refractivity contribution in [3.8, 4) is 0 Å². The van der Waals surface area contributed by atoms with Gasteiger partial charge in [-0.25, -0.2) is 9.97 Å². The van der Waals surface area contributed by atoms with Gasteiger partial charge in [-0.2, -0.15) is 0 Å². The van der Waals surface area contributed by atoms with Gasteiger partial charge in [-0.15, -0.1) is 0 Å². The minimum absolute atomic E-state index is 0.820. The fourth-order valence-electron chi connectivity index (χ4n) is 1.72. The van der Waals surface area contributed by atoms with Crippen LogP contribution in [0, 0.1) is 6.92 Å². The normalized spacial score (nSPS) is 10.9. The number of aromatic nitrogens is 2. The minimum Gasteiger partial charge on any atom is -0.370 e. The van der Waals surface area contributed by atoms with Crippen LogP contribution in [-0.4, -0.2) is 35.0 Å². The third-order valence-electron chi connectivity index (χ3n) is 2.56. The number of unbranched alkanes of at least 4 members (excludes halogenated alkanes) is 1. The van der Waals surface area contributed by atoms with Gasteiger partial charge in [0.15, 0.2) is 0 Å². The smallest absolute Gasteiger partial charge is 0.144 e. The van der Waals surface area contributed by atoms with E-state index in [0.717, 1.165) is 37.0 Å². The van der Waals surface area contributed by atoms with Crippen LogP contribution < -0.4 is 5.32 Å². The van der Waals surface area contributed by atoms with Gasteiger partial charge in [-0.05, 0) is 33.9 Å². The van der Waals surface area contributed by atoms with Gasteiger partial charge < -0.3 is 5.32 Å². The molecule has 1 N–H and O–H groups in total. The molecule has 1 heterocycles. The summed E-state index contributed by atoms with van der Waals surface area (Å²) in [7, 11) is 2.12. The monoisotopic (exact) mass is 236 g/mol. The molecular formula is C13H24N4. The fourth-order valence-corrected chi connectivity index (χ4v) is 1.72. The second-order valence-electron chi connectivity index (χ2n) is 4.43. The van der Waals surface area contributed by atoms with Crippen molar-refractivity contribution in [1.29, 1.82) is 0 Å². The van der Waals surface area contributed by atoms with E-state index in [4.69, 9.17) is 0 Å². The predicted molar refractivity (Wildman–Crippen MR) is 72.2 cm³/mol. The number of hydrogen-bond acceptors (Lipinski definition) is 4. The number of anilines is 1. The zero-order valence-corrected chi connectivity index (χ0v) is 11.5. The quantitative estimate of drug-likeness (QED) is 0.789. The van der Waals surface area contributed by atoms with E-state index in [1.165, 1.54) is 12.8 Å². The first-order valence-electron chi connectivity index (χ1n) is 6.42. The second kappa shape index (κ2) is 7.22. The highest BCUT2D eigenvalue weighted by atomic mass is 15.1. The van der Waals surface area contributed by atoms with Gasteiger partial charge in [0.1, 0.15) is 11.6 Å². The molecule has 0 saturated heterocycles. The van der Waals surface area contributed by atoms with Crippen LogP contribution in [0.3, 0.4) is 0 Å². The highest BCUT2D eigenvalue weighted by molar-refractivity contribution is 5.35. The Balaban J connectivity index is 2.63. The number of rotatable bonds is 7. The van der Waals surface area contributed by atoms with Crippen LogP contribution in [0.5, 0.6) is 0 Å². The Morgan fingerprint density at radius 2 is 2.06 bits per heavy atom. The van der Waals surface area contributed by atoms with Crippen LogP contribution in [-0.2, 0) is 6.54 Å². The maximum absolute atomic E-state index is 4.51. The highest BCUT2D eigenvalue weighted by Gasteiger charge is 2.05. The summed E-state index contributed by atoms with van der Waals surface area (Å²) in [5.41, 5.74) is 1.02. The third kappa shape index (κ3) is 5.13. The molecule has 0 unspecified atom stereocenters. The first-order chi connectivity index (χ1) is 8.15. The third-order valence-corrected chi connectivity index (χ3v) is 2.56. The van der Waals surface area contributed by atoms with Crippen molar-refractivity contribution in [1.82, 2.24) is 14.9 Å². The Kier molecular flexibility index (Phi) is 5.91. The number of aryl methyl sites for hydroxylation is 1. The highest BCUT2D eigenvalue weighted by Crippen LogP contribution is 2.07. The molecule has 0 fully saturated rings. The van der Waals surface area contributed by atoms with Crippen LogP contribution >= 0.6 is 0 Å². The Bertz CT molecular complexity index is 338. The van der Waals surface area contributed by atoms with E-state index in [0.29, 0.717) is 0 Å². The average Bonchev–Trinajstić information content (AvgIpc) is 2.26. The molecule has 17 heavy (non-hydrogen) atoms. The zero-order chi connectivity index (χ0) is 12.7. The Morgan fingerprint density at radius 1 is 1.29 bits per heavy atom. The molecule has 1 rings (SSSR count). The first kappa shape index (κ1) is 13.9. The molecule has 0 saturated carbocycles. The van der Waals surface area contributed by atoms with E-state index in [1.807, 2.05) is 13.0 Å². The lowest BCUT2D eigenvalue weighted by Crippen LogP contribution is -2.21. The summed E-state index contributed by atoms with van der Waals surface area (Å²) in [6, 6.07) is 1.99. The van der Waals surface area contributed by atoms with E-state index in [9.17, 15) is 0 Å². The maximum Gasteiger partial charge on any atom is 0.144 e. The van der Waals surface area contributed by atoms with Crippen molar-refractivity contribution in [2.75, 3.05) is 25.5 Å². The van der Waals surface area contributed by atoms with Crippen molar-refractivity contribution in [3.63, 3.8) is 0 Å². The predicted octanol–water partition coefficient (Wildman–Crippen LogP) is 2.45. The summed E-state index contributed by atoms with van der Waals surface area (Å²) in [5.74, 6) is 1.83. The van der Waals surface area contributed by atoms with Crippen LogP contribution in [0.2, 0.25) is 0 Å². The van der Waals surface area contributed by atoms with Gasteiger partial charge in [0.25, 0.3) is 0 Å². The molecule has 96 valence electrons. The van der Waals surface area contributed by atoms with Gasteiger partial charge >= 0.3 is 0 Å². The summed E-state index contributed by atoms with van der Waals surface area (Å²) >= 11 is 0. The van der Waals surface area contributed by atoms with E-state index >= 15 is 0 Å². The van der Waals surface area contributed by atoms with Crippen molar-refractivity contribution < 1.29 is 0 Å². The Labute approximate surface area is 104 Å². The molecule has 0 aromatic carbocycles. The molecule has 0 radical (unpaired) electrons. The van der Waals surface area contributed by atoms with Crippen LogP contribution in [0.15, 0.2) is 6.07 Å². The van der Waals surface area contributed by atoms with E-state index < -0.39 is 0 Å². The molecule has 1 aromatic heterocycles. The fraction of sp³-hybridized carbons (Fsp3) is 0.692. The maximum atomic E-state index is 4.51. The van der Waals surface area contributed by atoms with Gasteiger partial charge in [0.2, 0.25) is 0 Å². The summed E-state index contributed by atoms with van der Waals surface area (Å²) in [6.45, 7) is 9.11. The Hall–Kier alpha value is -1.16. The lowest BCUT2D eigenvalue weighted by atomic mass is 10.3. The first-order valence-corrected chi connectivity index (χ1v) is 6.42. The molecule has 0 aliphatic carbocycles. The molecular weight excluding hydrogens is 212 g/mol. The van der Waals surface area contributed by atoms with Crippen molar-refractivity contribution in [2.45, 2.75) is 40.2 Å². The number of nitrogens with zero attached hydrogens (tertiary/aromatic N) is 3. The van der Waals surface area contributed by atoms with Gasteiger partial charge in [-0.3, -0.25) is 4.90 Å². The molecule has 0 bridgehead atoms. The largest absolute Gasteiger partial charge is 0.370 e. The number of hydrogen-bond donors (Lipinski definition) is 1. The van der Waals surface area contributed by atoms with E-state index in [-0.39, 0.29) is 0 Å². The molecule has 0 aliphatic rings. The lowest BCUT2D eigenvalue weighted by Gasteiger charge is -2.15. The Morgan fingerprint density at radius 3 is 2.71 bits per heavy atom. The standard InChI is InChI=1S/C13H24N4/c1-5-7-8-17(4)10-13-15-11(3)9-12(16-13)14-6-2/h9H,5-8,10H2,1-4H3,(H,14,15,16). The zero-order valence-electron chi connectivity index (χ0n) is 11.5. The molecule has 1 aromatic rings. The van der Waals surface area contributed by atoms with Crippen LogP contribution in [0.25, 0.3) is 0 Å². The van der Waals surface area contributed by atoms with Crippen LogP contribution in [0.1, 0.15) is 38.2 Å². The summed E-state index contributed by atoms with van der Waals surface area (Å²) in [6.07, 6.45) is 2.45. The van der Waals surface area contributed by atoms with Crippen molar-refractivity contribution >= 4 is 5.82 Å². The SMILES string of the molecule is CCCCN(C)Cc1nc(C)cc(NCC)n1. The summed E-state index contributed by atoms with van der Waals surface area (Å²) in [5, 5.41) is 3.24. The topological polar surface area (TPSA) is 41.1 Å². The van der Waals surface area contributed by atoms with Crippen molar-refractivity contribution in [2.24, 2.45) is 0 Å². The van der Waals surface area contributed by atoms with Gasteiger partial charge in [0.05, 0.1) is 6.54 Å². The second-order valence-corrected chi connectivity index (χ2v) is 4.43. The number of nitrogens with one attached hydrogen (secondary N) is 1. The van der Waals surface area contributed by atoms with Crippen LogP contribution in [0.4, 0.5) is 5.82 Å². The minimum atomic E-state index is 0.820. The molecule has 0 aliphatic heterocycles.